The summed E-state index contributed by atoms with van der Waals surface area (Å²) >= 11 is 0. The van der Waals surface area contributed by atoms with Crippen LogP contribution in [0, 0.1) is 22.7 Å². The first-order valence-electron chi connectivity index (χ1n) is 7.98. The van der Waals surface area contributed by atoms with Crippen LogP contribution in [0.15, 0.2) is 30.3 Å². The third kappa shape index (κ3) is 2.85. The highest BCUT2D eigenvalue weighted by Gasteiger charge is 2.62. The number of methoxy groups -OCH3 is 1. The second kappa shape index (κ2) is 5.95. The normalized spacial score (nSPS) is 33.2. The number of nitrogens with zero attached hydrogens (tertiary/aromatic N) is 1. The van der Waals surface area contributed by atoms with Gasteiger partial charge in [0.1, 0.15) is 5.54 Å². The molecule has 0 bridgehead atoms. The third-order valence-corrected chi connectivity index (χ3v) is 5.30. The molecule has 0 heterocycles. The van der Waals surface area contributed by atoms with E-state index in [9.17, 15) is 15.2 Å². The molecule has 0 aromatic heterocycles. The molecule has 2 aliphatic carbocycles. The Morgan fingerprint density at radius 3 is 2.61 bits per heavy atom. The fraction of sp³-hybridized carbons (Fsp3) is 0.556. The Kier molecular flexibility index (Phi) is 4.13. The van der Waals surface area contributed by atoms with E-state index in [4.69, 9.17) is 4.74 Å². The zero-order chi connectivity index (χ0) is 16.5. The summed E-state index contributed by atoms with van der Waals surface area (Å²) in [7, 11) is 1.42. The molecule has 1 aromatic rings. The van der Waals surface area contributed by atoms with Crippen molar-refractivity contribution in [3.63, 3.8) is 0 Å². The fourth-order valence-corrected chi connectivity index (χ4v) is 4.30. The van der Waals surface area contributed by atoms with Crippen molar-refractivity contribution in [1.82, 2.24) is 5.32 Å². The first-order valence-corrected chi connectivity index (χ1v) is 7.98. The van der Waals surface area contributed by atoms with Crippen molar-refractivity contribution in [2.24, 2.45) is 11.3 Å². The summed E-state index contributed by atoms with van der Waals surface area (Å²) < 4.78 is 4.78. The molecule has 5 heteroatoms. The molecule has 0 unspecified atom stereocenters. The Bertz CT molecular complexity index is 609. The lowest BCUT2D eigenvalue weighted by Gasteiger charge is -2.61. The van der Waals surface area contributed by atoms with Gasteiger partial charge in [-0.05, 0) is 36.7 Å². The van der Waals surface area contributed by atoms with Crippen LogP contribution in [0.1, 0.15) is 37.3 Å². The molecule has 2 saturated carbocycles. The number of esters is 1. The van der Waals surface area contributed by atoms with E-state index in [1.54, 1.807) is 0 Å². The average Bonchev–Trinajstić information content (AvgIpc) is 2.53. The Morgan fingerprint density at radius 2 is 2.09 bits per heavy atom. The Balaban J connectivity index is 1.62. The van der Waals surface area contributed by atoms with Gasteiger partial charge in [-0.25, -0.2) is 0 Å². The van der Waals surface area contributed by atoms with Gasteiger partial charge in [-0.3, -0.25) is 10.1 Å². The van der Waals surface area contributed by atoms with E-state index in [-0.39, 0.29) is 30.0 Å². The number of hydrogen-bond acceptors (Lipinski definition) is 5. The minimum atomic E-state index is -0.607. The van der Waals surface area contributed by atoms with E-state index in [2.05, 4.69) is 11.4 Å². The lowest BCUT2D eigenvalue weighted by Crippen LogP contribution is -2.65. The molecule has 1 aromatic carbocycles. The van der Waals surface area contributed by atoms with E-state index in [0.29, 0.717) is 0 Å². The average molecular weight is 314 g/mol. The van der Waals surface area contributed by atoms with Gasteiger partial charge in [0, 0.05) is 0 Å². The summed E-state index contributed by atoms with van der Waals surface area (Å²) in [5.74, 6) is -0.157. The fourth-order valence-electron chi connectivity index (χ4n) is 4.30. The number of aliphatic hydroxyl groups is 1. The van der Waals surface area contributed by atoms with Crippen LogP contribution >= 0.6 is 0 Å². The number of nitrogens with one attached hydrogen (secondary N) is 1. The maximum absolute atomic E-state index is 11.5. The zero-order valence-corrected chi connectivity index (χ0v) is 13.3. The van der Waals surface area contributed by atoms with Crippen molar-refractivity contribution < 1.29 is 14.6 Å². The number of rotatable bonds is 5. The van der Waals surface area contributed by atoms with E-state index >= 15 is 0 Å². The van der Waals surface area contributed by atoms with Gasteiger partial charge >= 0.3 is 5.97 Å². The van der Waals surface area contributed by atoms with Crippen molar-refractivity contribution in [2.45, 2.75) is 37.3 Å². The summed E-state index contributed by atoms with van der Waals surface area (Å²) in [6.07, 6.45) is 3.07. The number of ether oxygens (including phenoxy) is 1. The molecule has 0 saturated heterocycles. The summed E-state index contributed by atoms with van der Waals surface area (Å²) in [6.45, 7) is -0.0504. The topological polar surface area (TPSA) is 82.4 Å². The van der Waals surface area contributed by atoms with Crippen LogP contribution in [0.4, 0.5) is 0 Å². The molecule has 0 amide bonds. The summed E-state index contributed by atoms with van der Waals surface area (Å²) in [6, 6.07) is 11.8. The molecule has 2 aliphatic rings. The monoisotopic (exact) mass is 314 g/mol. The van der Waals surface area contributed by atoms with E-state index in [1.807, 2.05) is 30.3 Å². The smallest absolute Gasteiger partial charge is 0.308 e. The maximum Gasteiger partial charge on any atom is 0.308 e. The van der Waals surface area contributed by atoms with Crippen molar-refractivity contribution in [1.29, 1.82) is 5.26 Å². The second-order valence-corrected chi connectivity index (χ2v) is 6.97. The predicted octanol–water partition coefficient (Wildman–Crippen LogP) is 1.94. The van der Waals surface area contributed by atoms with Crippen LogP contribution < -0.4 is 5.32 Å². The lowest BCUT2D eigenvalue weighted by molar-refractivity contribution is -0.162. The first kappa shape index (κ1) is 16.0. The van der Waals surface area contributed by atoms with Gasteiger partial charge in [-0.1, -0.05) is 30.3 Å². The zero-order valence-electron chi connectivity index (χ0n) is 13.3. The second-order valence-electron chi connectivity index (χ2n) is 6.97. The Hall–Kier alpha value is -1.90. The first-order chi connectivity index (χ1) is 11.1. The maximum atomic E-state index is 11.5. The Morgan fingerprint density at radius 1 is 1.43 bits per heavy atom. The standard InChI is InChI=1S/C18H22N2O3/c1-23-16(22)14-7-17(8-14)10-18(11-17,12-19)20-15(9-21)13-5-3-2-4-6-13/h2-6,14-15,20-21H,7-11H2,1H3/t14?,15-,17?,18?/m0/s1. The van der Waals surface area contributed by atoms with Crippen molar-refractivity contribution >= 4 is 5.97 Å². The molecule has 122 valence electrons. The molecule has 0 radical (unpaired) electrons. The molecule has 23 heavy (non-hydrogen) atoms. The van der Waals surface area contributed by atoms with Crippen molar-refractivity contribution in [3.8, 4) is 6.07 Å². The van der Waals surface area contributed by atoms with E-state index in [0.717, 1.165) is 31.2 Å². The molecular weight excluding hydrogens is 292 g/mol. The largest absolute Gasteiger partial charge is 0.469 e. The van der Waals surface area contributed by atoms with Gasteiger partial charge in [-0.2, -0.15) is 5.26 Å². The van der Waals surface area contributed by atoms with Crippen LogP contribution in [-0.2, 0) is 9.53 Å². The summed E-state index contributed by atoms with van der Waals surface area (Å²) in [4.78, 5) is 11.5. The predicted molar refractivity (Wildman–Crippen MR) is 84.2 cm³/mol. The van der Waals surface area contributed by atoms with Gasteiger partial charge in [0.25, 0.3) is 0 Å². The molecule has 1 atom stereocenters. The highest BCUT2D eigenvalue weighted by molar-refractivity contribution is 5.73. The van der Waals surface area contributed by atoms with Crippen molar-refractivity contribution in [3.05, 3.63) is 35.9 Å². The van der Waals surface area contributed by atoms with Crippen LogP contribution in [0.3, 0.4) is 0 Å². The van der Waals surface area contributed by atoms with Crippen LogP contribution in [0.25, 0.3) is 0 Å². The quantitative estimate of drug-likeness (QED) is 0.812. The highest BCUT2D eigenvalue weighted by atomic mass is 16.5. The SMILES string of the molecule is COC(=O)C1CC2(C1)CC(C#N)(N[C@@H](CO)c1ccccc1)C2. The minimum Gasteiger partial charge on any atom is -0.469 e. The summed E-state index contributed by atoms with van der Waals surface area (Å²) in [5.41, 5.74) is 0.467. The molecular formula is C18H22N2O3. The highest BCUT2D eigenvalue weighted by Crippen LogP contribution is 2.63. The summed E-state index contributed by atoms with van der Waals surface area (Å²) in [5, 5.41) is 22.6. The number of hydrogen-bond donors (Lipinski definition) is 2. The third-order valence-electron chi connectivity index (χ3n) is 5.30. The number of carbonyl (C=O) groups is 1. The molecule has 5 nitrogen and oxygen atoms in total. The number of carbonyl (C=O) groups excluding carboxylic acids is 1. The van der Waals surface area contributed by atoms with E-state index < -0.39 is 5.54 Å². The minimum absolute atomic E-state index is 0.0144. The molecule has 2 N–H and O–H groups in total. The lowest BCUT2D eigenvalue weighted by atomic mass is 9.45. The number of benzene rings is 1. The molecule has 2 fully saturated rings. The van der Waals surface area contributed by atoms with Crippen LogP contribution in [0.2, 0.25) is 0 Å². The van der Waals surface area contributed by atoms with Gasteiger partial charge < -0.3 is 9.84 Å². The van der Waals surface area contributed by atoms with E-state index in [1.165, 1.54) is 7.11 Å². The Labute approximate surface area is 136 Å². The molecule has 0 aliphatic heterocycles. The number of nitriles is 1. The molecule has 3 rings (SSSR count). The molecule has 1 spiro atoms. The van der Waals surface area contributed by atoms with Gasteiger partial charge in [-0.15, -0.1) is 0 Å². The number of aliphatic hydroxyl groups excluding tert-OH is 1. The van der Waals surface area contributed by atoms with Gasteiger partial charge in [0.05, 0.1) is 31.7 Å². The van der Waals surface area contributed by atoms with Gasteiger partial charge in [0.15, 0.2) is 0 Å². The van der Waals surface area contributed by atoms with Gasteiger partial charge in [0.2, 0.25) is 0 Å². The van der Waals surface area contributed by atoms with Crippen LogP contribution in [0.5, 0.6) is 0 Å². The van der Waals surface area contributed by atoms with Crippen molar-refractivity contribution in [2.75, 3.05) is 13.7 Å². The van der Waals surface area contributed by atoms with Crippen LogP contribution in [-0.4, -0.2) is 30.3 Å².